The van der Waals surface area contributed by atoms with E-state index >= 15 is 0 Å². The molecule has 1 heterocycles. The van der Waals surface area contributed by atoms with Gasteiger partial charge in [-0.25, -0.2) is 0 Å². The number of carbonyl (C=O) groups excluding carboxylic acids is 1. The van der Waals surface area contributed by atoms with Gasteiger partial charge >= 0.3 is 0 Å². The summed E-state index contributed by atoms with van der Waals surface area (Å²) in [6, 6.07) is 0.742. The summed E-state index contributed by atoms with van der Waals surface area (Å²) in [6.07, 6.45) is 5.70. The Kier molecular flexibility index (Phi) is 7.28. The lowest BCUT2D eigenvalue weighted by Crippen LogP contribution is -2.59. The SMILES string of the molecule is CCCCC(CCC)NC(=O)C1CNC(C)CN1. The first kappa shape index (κ1) is 15.4. The van der Waals surface area contributed by atoms with Crippen LogP contribution in [0.2, 0.25) is 0 Å². The third-order valence-electron chi connectivity index (χ3n) is 3.55. The zero-order chi connectivity index (χ0) is 13.4. The molecule has 3 atom stereocenters. The number of hydrogen-bond donors (Lipinski definition) is 3. The molecule has 4 heteroatoms. The molecule has 4 nitrogen and oxygen atoms in total. The van der Waals surface area contributed by atoms with Crippen molar-refractivity contribution in [3.63, 3.8) is 0 Å². The Morgan fingerprint density at radius 1 is 1.22 bits per heavy atom. The summed E-state index contributed by atoms with van der Waals surface area (Å²) >= 11 is 0. The normalized spacial score (nSPS) is 25.7. The van der Waals surface area contributed by atoms with Crippen molar-refractivity contribution in [3.05, 3.63) is 0 Å². The first-order valence-corrected chi connectivity index (χ1v) is 7.44. The van der Waals surface area contributed by atoms with E-state index in [2.05, 4.69) is 36.7 Å². The molecule has 0 radical (unpaired) electrons. The molecule has 106 valence electrons. The second kappa shape index (κ2) is 8.48. The summed E-state index contributed by atoms with van der Waals surface area (Å²) in [5, 5.41) is 9.83. The molecule has 0 aromatic heterocycles. The third-order valence-corrected chi connectivity index (χ3v) is 3.55. The molecular weight excluding hydrogens is 226 g/mol. The molecular formula is C14H29N3O. The number of piperazine rings is 1. The third kappa shape index (κ3) is 5.36. The fraction of sp³-hybridized carbons (Fsp3) is 0.929. The van der Waals surface area contributed by atoms with E-state index in [-0.39, 0.29) is 11.9 Å². The van der Waals surface area contributed by atoms with Crippen LogP contribution in [0.1, 0.15) is 52.9 Å². The van der Waals surface area contributed by atoms with Gasteiger partial charge in [-0.2, -0.15) is 0 Å². The molecule has 0 spiro atoms. The van der Waals surface area contributed by atoms with Crippen molar-refractivity contribution in [1.29, 1.82) is 0 Å². The first-order chi connectivity index (χ1) is 8.67. The van der Waals surface area contributed by atoms with Crippen molar-refractivity contribution in [2.75, 3.05) is 13.1 Å². The number of hydrogen-bond acceptors (Lipinski definition) is 3. The molecule has 1 saturated heterocycles. The topological polar surface area (TPSA) is 53.2 Å². The van der Waals surface area contributed by atoms with Gasteiger partial charge in [0.05, 0.1) is 6.04 Å². The second-order valence-corrected chi connectivity index (χ2v) is 5.41. The van der Waals surface area contributed by atoms with Gasteiger partial charge in [0.1, 0.15) is 0 Å². The van der Waals surface area contributed by atoms with E-state index in [9.17, 15) is 4.79 Å². The fourth-order valence-electron chi connectivity index (χ4n) is 2.36. The maximum absolute atomic E-state index is 12.1. The number of unbranched alkanes of at least 4 members (excludes halogenated alkanes) is 1. The van der Waals surface area contributed by atoms with Gasteiger partial charge in [-0.1, -0.05) is 33.1 Å². The van der Waals surface area contributed by atoms with Gasteiger partial charge in [-0.15, -0.1) is 0 Å². The van der Waals surface area contributed by atoms with Crippen molar-refractivity contribution in [2.24, 2.45) is 0 Å². The molecule has 0 aliphatic carbocycles. The van der Waals surface area contributed by atoms with Gasteiger partial charge in [0.2, 0.25) is 5.91 Å². The van der Waals surface area contributed by atoms with E-state index in [1.165, 1.54) is 12.8 Å². The Balaban J connectivity index is 2.35. The number of amides is 1. The number of carbonyl (C=O) groups is 1. The molecule has 1 rings (SSSR count). The Hall–Kier alpha value is -0.610. The van der Waals surface area contributed by atoms with Gasteiger partial charge in [0, 0.05) is 25.2 Å². The van der Waals surface area contributed by atoms with Crippen LogP contribution in [-0.2, 0) is 4.79 Å². The van der Waals surface area contributed by atoms with E-state index in [0.717, 1.165) is 32.4 Å². The van der Waals surface area contributed by atoms with Gasteiger partial charge in [0.25, 0.3) is 0 Å². The molecule has 1 aliphatic rings. The monoisotopic (exact) mass is 255 g/mol. The zero-order valence-corrected chi connectivity index (χ0v) is 12.1. The minimum atomic E-state index is -0.0674. The molecule has 0 bridgehead atoms. The second-order valence-electron chi connectivity index (χ2n) is 5.41. The lowest BCUT2D eigenvalue weighted by atomic mass is 10.0. The molecule has 1 amide bonds. The minimum absolute atomic E-state index is 0.0674. The predicted molar refractivity (Wildman–Crippen MR) is 75.6 cm³/mol. The average molecular weight is 255 g/mol. The van der Waals surface area contributed by atoms with Crippen molar-refractivity contribution < 1.29 is 4.79 Å². The summed E-state index contributed by atoms with van der Waals surface area (Å²) in [6.45, 7) is 8.10. The van der Waals surface area contributed by atoms with Crippen molar-refractivity contribution in [1.82, 2.24) is 16.0 Å². The van der Waals surface area contributed by atoms with E-state index in [0.29, 0.717) is 12.1 Å². The van der Waals surface area contributed by atoms with Crippen molar-refractivity contribution in [2.45, 2.75) is 71.0 Å². The van der Waals surface area contributed by atoms with Gasteiger partial charge in [-0.05, 0) is 19.8 Å². The summed E-state index contributed by atoms with van der Waals surface area (Å²) in [5.74, 6) is 0.156. The van der Waals surface area contributed by atoms with Crippen LogP contribution in [0.3, 0.4) is 0 Å². The highest BCUT2D eigenvalue weighted by molar-refractivity contribution is 5.82. The Labute approximate surface area is 111 Å². The number of nitrogens with one attached hydrogen (secondary N) is 3. The van der Waals surface area contributed by atoms with Gasteiger partial charge < -0.3 is 16.0 Å². The summed E-state index contributed by atoms with van der Waals surface area (Å²) in [5.41, 5.74) is 0. The van der Waals surface area contributed by atoms with Gasteiger partial charge in [0.15, 0.2) is 0 Å². The van der Waals surface area contributed by atoms with Crippen LogP contribution >= 0.6 is 0 Å². The molecule has 3 unspecified atom stereocenters. The van der Waals surface area contributed by atoms with Gasteiger partial charge in [-0.3, -0.25) is 4.79 Å². The first-order valence-electron chi connectivity index (χ1n) is 7.44. The largest absolute Gasteiger partial charge is 0.352 e. The average Bonchev–Trinajstić information content (AvgIpc) is 2.37. The van der Waals surface area contributed by atoms with E-state index in [1.807, 2.05) is 0 Å². The van der Waals surface area contributed by atoms with Crippen LogP contribution in [0, 0.1) is 0 Å². The Morgan fingerprint density at radius 3 is 2.56 bits per heavy atom. The smallest absolute Gasteiger partial charge is 0.238 e. The molecule has 3 N–H and O–H groups in total. The molecule has 0 aromatic carbocycles. The standard InChI is InChI=1S/C14H29N3O/c1-4-6-8-12(7-5-2)17-14(18)13-10-15-11(3)9-16-13/h11-13,15-16H,4-10H2,1-3H3,(H,17,18). The molecule has 18 heavy (non-hydrogen) atoms. The fourth-order valence-corrected chi connectivity index (χ4v) is 2.36. The molecule has 0 saturated carbocycles. The van der Waals surface area contributed by atoms with Crippen LogP contribution < -0.4 is 16.0 Å². The highest BCUT2D eigenvalue weighted by Crippen LogP contribution is 2.07. The van der Waals surface area contributed by atoms with E-state index in [1.54, 1.807) is 0 Å². The maximum atomic E-state index is 12.1. The lowest BCUT2D eigenvalue weighted by molar-refractivity contribution is -0.124. The molecule has 1 fully saturated rings. The highest BCUT2D eigenvalue weighted by atomic mass is 16.2. The minimum Gasteiger partial charge on any atom is -0.352 e. The number of rotatable bonds is 7. The summed E-state index contributed by atoms with van der Waals surface area (Å²) in [7, 11) is 0. The highest BCUT2D eigenvalue weighted by Gasteiger charge is 2.24. The molecule has 0 aromatic rings. The maximum Gasteiger partial charge on any atom is 0.238 e. The quantitative estimate of drug-likeness (QED) is 0.645. The van der Waals surface area contributed by atoms with Crippen LogP contribution in [0.4, 0.5) is 0 Å². The van der Waals surface area contributed by atoms with Crippen LogP contribution in [0.15, 0.2) is 0 Å². The van der Waals surface area contributed by atoms with Crippen molar-refractivity contribution in [3.8, 4) is 0 Å². The van der Waals surface area contributed by atoms with Crippen molar-refractivity contribution >= 4 is 5.91 Å². The van der Waals surface area contributed by atoms with Crippen LogP contribution in [0.5, 0.6) is 0 Å². The van der Waals surface area contributed by atoms with E-state index < -0.39 is 0 Å². The summed E-state index contributed by atoms with van der Waals surface area (Å²) < 4.78 is 0. The van der Waals surface area contributed by atoms with Crippen LogP contribution in [-0.4, -0.2) is 37.1 Å². The van der Waals surface area contributed by atoms with E-state index in [4.69, 9.17) is 0 Å². The zero-order valence-electron chi connectivity index (χ0n) is 12.1. The van der Waals surface area contributed by atoms with Crippen LogP contribution in [0.25, 0.3) is 0 Å². The summed E-state index contributed by atoms with van der Waals surface area (Å²) in [4.78, 5) is 12.1. The Morgan fingerprint density at radius 2 is 2.00 bits per heavy atom. The Bertz CT molecular complexity index is 237. The predicted octanol–water partition coefficient (Wildman–Crippen LogP) is 1.41. The molecule has 1 aliphatic heterocycles. The lowest BCUT2D eigenvalue weighted by Gasteiger charge is -2.29.